The Balaban J connectivity index is 2.98. The standard InChI is InChI=1S/C14H16F2O4/c1-3-20-14(18)11-8-9(5-7-12(17)19-2)4-6-10(11)13(15)16/h4,6,8,13H,3,5,7H2,1-2H3. The number of hydrogen-bond acceptors (Lipinski definition) is 4. The third-order valence-corrected chi connectivity index (χ3v) is 2.69. The monoisotopic (exact) mass is 286 g/mol. The molecule has 0 aliphatic carbocycles. The SMILES string of the molecule is CCOC(=O)c1cc(CCC(=O)OC)ccc1C(F)F. The number of halogens is 2. The van der Waals surface area contributed by atoms with Gasteiger partial charge < -0.3 is 9.47 Å². The van der Waals surface area contributed by atoms with Crippen molar-refractivity contribution < 1.29 is 27.8 Å². The molecule has 0 amide bonds. The van der Waals surface area contributed by atoms with E-state index in [-0.39, 0.29) is 24.2 Å². The predicted octanol–water partition coefficient (Wildman–Crippen LogP) is 2.91. The van der Waals surface area contributed by atoms with Crippen molar-refractivity contribution in [1.82, 2.24) is 0 Å². The van der Waals surface area contributed by atoms with Gasteiger partial charge in [-0.3, -0.25) is 4.79 Å². The first-order valence-electron chi connectivity index (χ1n) is 6.14. The van der Waals surface area contributed by atoms with Gasteiger partial charge in [0, 0.05) is 12.0 Å². The molecule has 4 nitrogen and oxygen atoms in total. The Kier molecular flexibility index (Phi) is 6.09. The van der Waals surface area contributed by atoms with Gasteiger partial charge in [0.05, 0.1) is 19.3 Å². The van der Waals surface area contributed by atoms with Gasteiger partial charge >= 0.3 is 11.9 Å². The van der Waals surface area contributed by atoms with Crippen molar-refractivity contribution in [3.63, 3.8) is 0 Å². The summed E-state index contributed by atoms with van der Waals surface area (Å²) in [5.74, 6) is -1.19. The van der Waals surface area contributed by atoms with Crippen LogP contribution in [-0.4, -0.2) is 25.7 Å². The number of hydrogen-bond donors (Lipinski definition) is 0. The fourth-order valence-electron chi connectivity index (χ4n) is 1.68. The maximum absolute atomic E-state index is 12.8. The molecule has 0 aliphatic heterocycles. The number of carbonyl (C=O) groups excluding carboxylic acids is 2. The van der Waals surface area contributed by atoms with Crippen LogP contribution in [0.3, 0.4) is 0 Å². The first kappa shape index (κ1) is 16.1. The molecule has 0 bridgehead atoms. The lowest BCUT2D eigenvalue weighted by molar-refractivity contribution is -0.140. The Morgan fingerprint density at radius 1 is 1.30 bits per heavy atom. The smallest absolute Gasteiger partial charge is 0.338 e. The Morgan fingerprint density at radius 2 is 2.00 bits per heavy atom. The number of methoxy groups -OCH3 is 1. The molecular formula is C14H16F2O4. The molecule has 0 aromatic heterocycles. The maximum atomic E-state index is 12.8. The molecule has 0 saturated carbocycles. The molecule has 110 valence electrons. The topological polar surface area (TPSA) is 52.6 Å². The third-order valence-electron chi connectivity index (χ3n) is 2.69. The highest BCUT2D eigenvalue weighted by Gasteiger charge is 2.20. The molecule has 1 aromatic rings. The van der Waals surface area contributed by atoms with Crippen molar-refractivity contribution in [2.45, 2.75) is 26.2 Å². The summed E-state index contributed by atoms with van der Waals surface area (Å²) in [4.78, 5) is 22.7. The highest BCUT2D eigenvalue weighted by Crippen LogP contribution is 2.25. The van der Waals surface area contributed by atoms with Crippen LogP contribution in [0.5, 0.6) is 0 Å². The minimum Gasteiger partial charge on any atom is -0.469 e. The summed E-state index contributed by atoms with van der Waals surface area (Å²) in [6, 6.07) is 3.99. The van der Waals surface area contributed by atoms with E-state index in [2.05, 4.69) is 4.74 Å². The minimum atomic E-state index is -2.76. The quantitative estimate of drug-likeness (QED) is 0.754. The van der Waals surface area contributed by atoms with E-state index in [9.17, 15) is 18.4 Å². The highest BCUT2D eigenvalue weighted by molar-refractivity contribution is 5.91. The zero-order chi connectivity index (χ0) is 15.1. The van der Waals surface area contributed by atoms with Crippen LogP contribution in [0.1, 0.15) is 41.3 Å². The van der Waals surface area contributed by atoms with Gasteiger partial charge in [0.15, 0.2) is 0 Å². The van der Waals surface area contributed by atoms with Crippen molar-refractivity contribution in [1.29, 1.82) is 0 Å². The lowest BCUT2D eigenvalue weighted by Gasteiger charge is -2.10. The molecule has 0 atom stereocenters. The van der Waals surface area contributed by atoms with Crippen molar-refractivity contribution >= 4 is 11.9 Å². The summed E-state index contributed by atoms with van der Waals surface area (Å²) in [5, 5.41) is 0. The molecule has 20 heavy (non-hydrogen) atoms. The molecule has 0 saturated heterocycles. The second kappa shape index (κ2) is 7.57. The fourth-order valence-corrected chi connectivity index (χ4v) is 1.68. The first-order valence-corrected chi connectivity index (χ1v) is 6.14. The second-order valence-electron chi connectivity index (χ2n) is 4.02. The third kappa shape index (κ3) is 4.29. The molecule has 0 unspecified atom stereocenters. The van der Waals surface area contributed by atoms with Gasteiger partial charge in [-0.05, 0) is 25.0 Å². The lowest BCUT2D eigenvalue weighted by atomic mass is 10.0. The largest absolute Gasteiger partial charge is 0.469 e. The van der Waals surface area contributed by atoms with Crippen LogP contribution >= 0.6 is 0 Å². The zero-order valence-corrected chi connectivity index (χ0v) is 11.3. The van der Waals surface area contributed by atoms with Crippen LogP contribution < -0.4 is 0 Å². The average molecular weight is 286 g/mol. The van der Waals surface area contributed by atoms with Crippen LogP contribution in [0.25, 0.3) is 0 Å². The van der Waals surface area contributed by atoms with E-state index in [0.29, 0.717) is 12.0 Å². The van der Waals surface area contributed by atoms with Gasteiger partial charge in [0.1, 0.15) is 0 Å². The van der Waals surface area contributed by atoms with E-state index in [1.807, 2.05) is 0 Å². The van der Waals surface area contributed by atoms with Crippen LogP contribution in [0.2, 0.25) is 0 Å². The molecule has 0 aliphatic rings. The molecular weight excluding hydrogens is 270 g/mol. The second-order valence-corrected chi connectivity index (χ2v) is 4.02. The number of benzene rings is 1. The molecule has 1 aromatic carbocycles. The molecule has 1 rings (SSSR count). The summed E-state index contributed by atoms with van der Waals surface area (Å²) in [5.41, 5.74) is 0.0670. The summed E-state index contributed by atoms with van der Waals surface area (Å²) in [7, 11) is 1.27. The van der Waals surface area contributed by atoms with Crippen molar-refractivity contribution in [2.24, 2.45) is 0 Å². The maximum Gasteiger partial charge on any atom is 0.338 e. The highest BCUT2D eigenvalue weighted by atomic mass is 19.3. The average Bonchev–Trinajstić information content (AvgIpc) is 2.44. The Morgan fingerprint density at radius 3 is 2.55 bits per heavy atom. The predicted molar refractivity (Wildman–Crippen MR) is 67.7 cm³/mol. The zero-order valence-electron chi connectivity index (χ0n) is 11.3. The van der Waals surface area contributed by atoms with E-state index >= 15 is 0 Å². The van der Waals surface area contributed by atoms with Gasteiger partial charge in [-0.1, -0.05) is 12.1 Å². The van der Waals surface area contributed by atoms with E-state index < -0.39 is 18.4 Å². The van der Waals surface area contributed by atoms with Crippen LogP contribution in [0, 0.1) is 0 Å². The molecule has 0 spiro atoms. The van der Waals surface area contributed by atoms with Gasteiger partial charge in [-0.25, -0.2) is 13.6 Å². The van der Waals surface area contributed by atoms with Crippen molar-refractivity contribution in [3.8, 4) is 0 Å². The lowest BCUT2D eigenvalue weighted by Crippen LogP contribution is -2.10. The molecule has 0 N–H and O–H groups in total. The normalized spacial score (nSPS) is 10.4. The Labute approximate surface area is 115 Å². The summed E-state index contributed by atoms with van der Waals surface area (Å²) < 4.78 is 34.9. The molecule has 0 fully saturated rings. The Hall–Kier alpha value is -1.98. The van der Waals surface area contributed by atoms with Crippen LogP contribution in [0.4, 0.5) is 8.78 Å². The number of rotatable bonds is 6. The first-order chi connectivity index (χ1) is 9.49. The van der Waals surface area contributed by atoms with Gasteiger partial charge in [-0.15, -0.1) is 0 Å². The number of alkyl halides is 2. The molecule has 0 heterocycles. The number of esters is 2. The van der Waals surface area contributed by atoms with Crippen molar-refractivity contribution in [3.05, 3.63) is 34.9 Å². The summed E-state index contributed by atoms with van der Waals surface area (Å²) in [6.07, 6.45) is -2.33. The number of ether oxygens (including phenoxy) is 2. The van der Waals surface area contributed by atoms with E-state index in [1.54, 1.807) is 6.92 Å². The van der Waals surface area contributed by atoms with Crippen molar-refractivity contribution in [2.75, 3.05) is 13.7 Å². The molecule has 0 radical (unpaired) electrons. The van der Waals surface area contributed by atoms with Gasteiger partial charge in [0.25, 0.3) is 6.43 Å². The molecule has 6 heteroatoms. The van der Waals surface area contributed by atoms with Crippen LogP contribution in [-0.2, 0) is 20.7 Å². The van der Waals surface area contributed by atoms with Gasteiger partial charge in [-0.2, -0.15) is 0 Å². The van der Waals surface area contributed by atoms with E-state index in [0.717, 1.165) is 0 Å². The van der Waals surface area contributed by atoms with Gasteiger partial charge in [0.2, 0.25) is 0 Å². The summed E-state index contributed by atoms with van der Waals surface area (Å²) >= 11 is 0. The Bertz CT molecular complexity index is 486. The fraction of sp³-hybridized carbons (Fsp3) is 0.429. The summed E-state index contributed by atoms with van der Waals surface area (Å²) in [6.45, 7) is 1.70. The number of aryl methyl sites for hydroxylation is 1. The minimum absolute atomic E-state index is 0.105. The van der Waals surface area contributed by atoms with E-state index in [1.165, 1.54) is 25.3 Å². The van der Waals surface area contributed by atoms with E-state index in [4.69, 9.17) is 4.74 Å². The van der Waals surface area contributed by atoms with Crippen LogP contribution in [0.15, 0.2) is 18.2 Å². The number of carbonyl (C=O) groups is 2.